The number of carbonyl (C=O) groups excluding carboxylic acids is 1. The monoisotopic (exact) mass is 400 g/mol. The molecule has 0 saturated heterocycles. The molecule has 0 aliphatic heterocycles. The summed E-state index contributed by atoms with van der Waals surface area (Å²) < 4.78 is 17.4. The Morgan fingerprint density at radius 2 is 1.97 bits per heavy atom. The molecule has 0 spiro atoms. The predicted octanol–water partition coefficient (Wildman–Crippen LogP) is 1.85. The van der Waals surface area contributed by atoms with Crippen LogP contribution in [-0.2, 0) is 17.8 Å². The Hall–Kier alpha value is -3.36. The highest BCUT2D eigenvalue weighted by Gasteiger charge is 2.14. The summed E-state index contributed by atoms with van der Waals surface area (Å²) >= 11 is 0. The number of aryl methyl sites for hydroxylation is 1. The molecule has 29 heavy (non-hydrogen) atoms. The van der Waals surface area contributed by atoms with Gasteiger partial charge in [-0.25, -0.2) is 4.98 Å². The second-order valence-corrected chi connectivity index (χ2v) is 6.37. The maximum absolute atomic E-state index is 12.4. The molecule has 2 aromatic heterocycles. The molecular formula is C20H24N4O5. The molecule has 1 amide bonds. The lowest BCUT2D eigenvalue weighted by Gasteiger charge is -2.13. The summed E-state index contributed by atoms with van der Waals surface area (Å²) in [6.45, 7) is 6.89. The Labute approximate surface area is 167 Å². The highest BCUT2D eigenvalue weighted by atomic mass is 16.5. The average molecular weight is 400 g/mol. The zero-order valence-corrected chi connectivity index (χ0v) is 16.7. The maximum atomic E-state index is 12.4. The first-order valence-corrected chi connectivity index (χ1v) is 9.50. The van der Waals surface area contributed by atoms with E-state index in [-0.39, 0.29) is 29.1 Å². The fourth-order valence-electron chi connectivity index (χ4n) is 2.93. The second-order valence-electron chi connectivity index (χ2n) is 6.37. The molecule has 0 saturated carbocycles. The molecule has 3 rings (SSSR count). The van der Waals surface area contributed by atoms with Gasteiger partial charge in [0.05, 0.1) is 18.9 Å². The van der Waals surface area contributed by atoms with E-state index in [9.17, 15) is 9.59 Å². The van der Waals surface area contributed by atoms with Crippen LogP contribution < -0.4 is 20.3 Å². The van der Waals surface area contributed by atoms with Crippen molar-refractivity contribution < 1.29 is 18.8 Å². The number of hydrogen-bond donors (Lipinski definition) is 1. The minimum atomic E-state index is -0.350. The molecule has 9 heteroatoms. The van der Waals surface area contributed by atoms with E-state index < -0.39 is 0 Å². The molecule has 2 heterocycles. The minimum absolute atomic E-state index is 0.125. The molecule has 0 aliphatic carbocycles. The Morgan fingerprint density at radius 3 is 2.72 bits per heavy atom. The summed E-state index contributed by atoms with van der Waals surface area (Å²) in [6.07, 6.45) is 1.91. The van der Waals surface area contributed by atoms with E-state index in [1.807, 2.05) is 32.0 Å². The Kier molecular flexibility index (Phi) is 6.48. The summed E-state index contributed by atoms with van der Waals surface area (Å²) in [5.41, 5.74) is 1.28. The van der Waals surface area contributed by atoms with Crippen LogP contribution in [0.1, 0.15) is 25.1 Å². The van der Waals surface area contributed by atoms with Gasteiger partial charge < -0.3 is 19.3 Å². The first-order valence-electron chi connectivity index (χ1n) is 9.50. The summed E-state index contributed by atoms with van der Waals surface area (Å²) in [4.78, 5) is 28.7. The number of rotatable bonds is 9. The zero-order chi connectivity index (χ0) is 20.8. The molecule has 0 bridgehead atoms. The van der Waals surface area contributed by atoms with Gasteiger partial charge in [-0.2, -0.15) is 0 Å². The van der Waals surface area contributed by atoms with Crippen LogP contribution in [0.5, 0.6) is 11.5 Å². The molecule has 0 aliphatic rings. The van der Waals surface area contributed by atoms with Gasteiger partial charge in [-0.05, 0) is 44.9 Å². The standard InChI is InChI=1S/C20H24N4O5/c1-4-27-15-7-6-14(10-16(15)28-5-2)8-9-21-17(25)11-24-12-22-19-18(20(24)26)13(3)23-29-19/h6-7,10,12H,4-5,8-9,11H2,1-3H3,(H,21,25). The van der Waals surface area contributed by atoms with Gasteiger partial charge in [0, 0.05) is 6.54 Å². The van der Waals surface area contributed by atoms with Gasteiger partial charge in [0.25, 0.3) is 11.3 Å². The van der Waals surface area contributed by atoms with Crippen molar-refractivity contribution in [3.05, 3.63) is 46.1 Å². The third-order valence-corrected chi connectivity index (χ3v) is 4.29. The highest BCUT2D eigenvalue weighted by molar-refractivity contribution is 5.77. The van der Waals surface area contributed by atoms with Crippen LogP contribution in [-0.4, -0.2) is 40.4 Å². The van der Waals surface area contributed by atoms with E-state index >= 15 is 0 Å². The number of benzene rings is 1. The van der Waals surface area contributed by atoms with Crippen molar-refractivity contribution in [2.24, 2.45) is 0 Å². The van der Waals surface area contributed by atoms with Crippen molar-refractivity contribution in [2.75, 3.05) is 19.8 Å². The van der Waals surface area contributed by atoms with Gasteiger partial charge in [-0.15, -0.1) is 0 Å². The minimum Gasteiger partial charge on any atom is -0.490 e. The molecule has 1 aromatic carbocycles. The van der Waals surface area contributed by atoms with E-state index in [4.69, 9.17) is 14.0 Å². The van der Waals surface area contributed by atoms with Gasteiger partial charge >= 0.3 is 0 Å². The van der Waals surface area contributed by atoms with Gasteiger partial charge in [0.15, 0.2) is 11.5 Å². The Morgan fingerprint density at radius 1 is 1.21 bits per heavy atom. The predicted molar refractivity (Wildman–Crippen MR) is 106 cm³/mol. The molecule has 0 atom stereocenters. The van der Waals surface area contributed by atoms with Crippen molar-refractivity contribution >= 4 is 17.0 Å². The van der Waals surface area contributed by atoms with Gasteiger partial charge in [0.1, 0.15) is 18.3 Å². The number of carbonyl (C=O) groups is 1. The summed E-state index contributed by atoms with van der Waals surface area (Å²) in [5, 5.41) is 6.83. The number of fused-ring (bicyclic) bond motifs is 1. The van der Waals surface area contributed by atoms with Crippen molar-refractivity contribution in [1.29, 1.82) is 0 Å². The van der Waals surface area contributed by atoms with Crippen LogP contribution in [0.4, 0.5) is 0 Å². The van der Waals surface area contributed by atoms with Crippen molar-refractivity contribution in [3.63, 3.8) is 0 Å². The molecule has 0 radical (unpaired) electrons. The van der Waals surface area contributed by atoms with E-state index in [1.54, 1.807) is 6.92 Å². The van der Waals surface area contributed by atoms with Crippen molar-refractivity contribution in [2.45, 2.75) is 33.7 Å². The molecule has 1 N–H and O–H groups in total. The lowest BCUT2D eigenvalue weighted by molar-refractivity contribution is -0.121. The van der Waals surface area contributed by atoms with Crippen LogP contribution >= 0.6 is 0 Å². The number of aromatic nitrogens is 3. The molecule has 154 valence electrons. The molecular weight excluding hydrogens is 376 g/mol. The normalized spacial score (nSPS) is 10.9. The highest BCUT2D eigenvalue weighted by Crippen LogP contribution is 2.28. The fourth-order valence-corrected chi connectivity index (χ4v) is 2.93. The average Bonchev–Trinajstić information content (AvgIpc) is 3.08. The van der Waals surface area contributed by atoms with Crippen LogP contribution in [0.15, 0.2) is 33.8 Å². The molecule has 0 fully saturated rings. The van der Waals surface area contributed by atoms with E-state index in [0.717, 1.165) is 5.56 Å². The second kappa shape index (κ2) is 9.22. The number of hydrogen-bond acceptors (Lipinski definition) is 7. The first kappa shape index (κ1) is 20.4. The van der Waals surface area contributed by atoms with E-state index in [1.165, 1.54) is 10.9 Å². The van der Waals surface area contributed by atoms with Crippen LogP contribution in [0.3, 0.4) is 0 Å². The SMILES string of the molecule is CCOc1ccc(CCNC(=O)Cn2cnc3onc(C)c3c2=O)cc1OCC. The van der Waals surface area contributed by atoms with Crippen LogP contribution in [0, 0.1) is 6.92 Å². The van der Waals surface area contributed by atoms with Crippen molar-refractivity contribution in [1.82, 2.24) is 20.0 Å². The van der Waals surface area contributed by atoms with Crippen LogP contribution in [0.25, 0.3) is 11.1 Å². The summed E-state index contributed by atoms with van der Waals surface area (Å²) in [6, 6.07) is 5.72. The zero-order valence-electron chi connectivity index (χ0n) is 16.7. The van der Waals surface area contributed by atoms with Crippen molar-refractivity contribution in [3.8, 4) is 11.5 Å². The number of nitrogens with one attached hydrogen (secondary N) is 1. The lowest BCUT2D eigenvalue weighted by Crippen LogP contribution is -2.33. The van der Waals surface area contributed by atoms with Gasteiger partial charge in [-0.3, -0.25) is 14.2 Å². The summed E-state index contributed by atoms with van der Waals surface area (Å²) in [7, 11) is 0. The molecule has 9 nitrogen and oxygen atoms in total. The lowest BCUT2D eigenvalue weighted by atomic mass is 10.1. The number of ether oxygens (including phenoxy) is 2. The fraction of sp³-hybridized carbons (Fsp3) is 0.400. The Balaban J connectivity index is 1.59. The van der Waals surface area contributed by atoms with E-state index in [0.29, 0.717) is 43.4 Å². The topological polar surface area (TPSA) is 108 Å². The smallest absolute Gasteiger partial charge is 0.267 e. The third kappa shape index (κ3) is 4.74. The quantitative estimate of drug-likeness (QED) is 0.584. The largest absolute Gasteiger partial charge is 0.490 e. The Bertz CT molecular complexity index is 1060. The molecule has 3 aromatic rings. The first-order chi connectivity index (χ1) is 14.0. The maximum Gasteiger partial charge on any atom is 0.267 e. The van der Waals surface area contributed by atoms with Crippen LogP contribution in [0.2, 0.25) is 0 Å². The third-order valence-electron chi connectivity index (χ3n) is 4.29. The number of amides is 1. The van der Waals surface area contributed by atoms with Gasteiger partial charge in [-0.1, -0.05) is 11.2 Å². The molecule has 0 unspecified atom stereocenters. The van der Waals surface area contributed by atoms with Gasteiger partial charge in [0.2, 0.25) is 5.91 Å². The number of nitrogens with zero attached hydrogens (tertiary/aromatic N) is 3. The van der Waals surface area contributed by atoms with E-state index in [2.05, 4.69) is 15.5 Å². The summed E-state index contributed by atoms with van der Waals surface area (Å²) in [5.74, 6) is 1.11.